The van der Waals surface area contributed by atoms with Gasteiger partial charge in [-0.05, 0) is 63.6 Å². The molecule has 8 nitrogen and oxygen atoms in total. The van der Waals surface area contributed by atoms with E-state index in [-0.39, 0.29) is 11.8 Å². The molecule has 2 aromatic heterocycles. The minimum Gasteiger partial charge on any atom is -0.497 e. The molecule has 0 aliphatic carbocycles. The lowest BCUT2D eigenvalue weighted by molar-refractivity contribution is -0.130. The summed E-state index contributed by atoms with van der Waals surface area (Å²) in [5.41, 5.74) is 3.98. The van der Waals surface area contributed by atoms with Gasteiger partial charge in [0.15, 0.2) is 0 Å². The Labute approximate surface area is 188 Å². The van der Waals surface area contributed by atoms with Gasteiger partial charge in [0.05, 0.1) is 13.7 Å². The first kappa shape index (κ1) is 21.8. The molecule has 1 amide bonds. The fourth-order valence-electron chi connectivity index (χ4n) is 4.18. The summed E-state index contributed by atoms with van der Waals surface area (Å²) in [4.78, 5) is 23.8. The first-order chi connectivity index (χ1) is 15.4. The molecule has 1 aromatic carbocycles. The summed E-state index contributed by atoms with van der Waals surface area (Å²) in [5.74, 6) is 2.80. The van der Waals surface area contributed by atoms with E-state index in [1.807, 2.05) is 56.0 Å². The number of nitrogens with one attached hydrogen (secondary N) is 1. The second-order valence-corrected chi connectivity index (χ2v) is 8.28. The third-order valence-electron chi connectivity index (χ3n) is 5.81. The van der Waals surface area contributed by atoms with Crippen molar-refractivity contribution >= 4 is 17.3 Å². The van der Waals surface area contributed by atoms with E-state index in [2.05, 4.69) is 21.5 Å². The van der Waals surface area contributed by atoms with Crippen LogP contribution in [0.4, 0.5) is 11.4 Å². The van der Waals surface area contributed by atoms with Gasteiger partial charge < -0.3 is 15.0 Å². The molecule has 1 aliphatic rings. The molecular weight excluding hydrogens is 404 g/mol. The molecule has 1 N–H and O–H groups in total. The van der Waals surface area contributed by atoms with Gasteiger partial charge >= 0.3 is 0 Å². The molecular formula is C24H30N6O2. The predicted octanol–water partition coefficient (Wildman–Crippen LogP) is 3.76. The summed E-state index contributed by atoms with van der Waals surface area (Å²) in [6.07, 6.45) is 1.35. The van der Waals surface area contributed by atoms with Crippen molar-refractivity contribution in [2.24, 2.45) is 0 Å². The first-order valence-corrected chi connectivity index (χ1v) is 11.0. The number of methoxy groups -OCH3 is 1. The number of amides is 1. The highest BCUT2D eigenvalue weighted by atomic mass is 16.5. The van der Waals surface area contributed by atoms with Crippen LogP contribution in [0.5, 0.6) is 5.75 Å². The first-order valence-electron chi connectivity index (χ1n) is 11.0. The molecule has 0 unspecified atom stereocenters. The van der Waals surface area contributed by atoms with Crippen LogP contribution in [0, 0.1) is 20.8 Å². The van der Waals surface area contributed by atoms with Crippen molar-refractivity contribution < 1.29 is 9.53 Å². The molecule has 8 heteroatoms. The molecule has 0 saturated carbocycles. The van der Waals surface area contributed by atoms with E-state index in [9.17, 15) is 4.79 Å². The van der Waals surface area contributed by atoms with Gasteiger partial charge in [-0.1, -0.05) is 0 Å². The molecule has 4 rings (SSSR count). The number of pyridine rings is 1. The zero-order valence-corrected chi connectivity index (χ0v) is 19.1. The zero-order chi connectivity index (χ0) is 22.7. The number of carbonyl (C=O) groups excluding carboxylic acids is 1. The summed E-state index contributed by atoms with van der Waals surface area (Å²) < 4.78 is 7.03. The minimum atomic E-state index is 0.157. The second-order valence-electron chi connectivity index (χ2n) is 8.28. The highest BCUT2D eigenvalue weighted by Crippen LogP contribution is 2.29. The number of carbonyl (C=O) groups is 1. The lowest BCUT2D eigenvalue weighted by Crippen LogP contribution is -2.29. The van der Waals surface area contributed by atoms with Crippen molar-refractivity contribution in [3.63, 3.8) is 0 Å². The Bertz CT molecular complexity index is 1090. The van der Waals surface area contributed by atoms with E-state index in [0.29, 0.717) is 19.5 Å². The van der Waals surface area contributed by atoms with Crippen LogP contribution in [-0.4, -0.2) is 50.8 Å². The van der Waals surface area contributed by atoms with Crippen LogP contribution in [-0.2, 0) is 11.3 Å². The lowest BCUT2D eigenvalue weighted by atomic mass is 10.0. The molecule has 1 aliphatic heterocycles. The summed E-state index contributed by atoms with van der Waals surface area (Å²) in [5, 5.41) is 7.79. The normalized spacial score (nSPS) is 15.8. The average molecular weight is 435 g/mol. The van der Waals surface area contributed by atoms with Crippen molar-refractivity contribution in [1.82, 2.24) is 24.6 Å². The number of aromatic nitrogens is 4. The summed E-state index contributed by atoms with van der Waals surface area (Å²) in [6.45, 7) is 7.80. The van der Waals surface area contributed by atoms with Crippen LogP contribution in [0.3, 0.4) is 0 Å². The van der Waals surface area contributed by atoms with Crippen LogP contribution in [0.15, 0.2) is 36.4 Å². The predicted molar refractivity (Wildman–Crippen MR) is 123 cm³/mol. The van der Waals surface area contributed by atoms with Gasteiger partial charge in [0.2, 0.25) is 5.91 Å². The summed E-state index contributed by atoms with van der Waals surface area (Å²) in [7, 11) is 1.66. The molecule has 1 fully saturated rings. The van der Waals surface area contributed by atoms with Crippen LogP contribution in [0.2, 0.25) is 0 Å². The Hall–Kier alpha value is -3.42. The summed E-state index contributed by atoms with van der Waals surface area (Å²) in [6, 6.07) is 12.0. The maximum absolute atomic E-state index is 12.8. The topological polar surface area (TPSA) is 85.2 Å². The van der Waals surface area contributed by atoms with Gasteiger partial charge in [-0.3, -0.25) is 9.78 Å². The van der Waals surface area contributed by atoms with Crippen LogP contribution < -0.4 is 10.1 Å². The van der Waals surface area contributed by atoms with Crippen LogP contribution in [0.25, 0.3) is 0 Å². The van der Waals surface area contributed by atoms with Gasteiger partial charge in [0.25, 0.3) is 0 Å². The van der Waals surface area contributed by atoms with Crippen molar-refractivity contribution in [3.8, 4) is 5.75 Å². The van der Waals surface area contributed by atoms with Gasteiger partial charge in [-0.2, -0.15) is 5.10 Å². The largest absolute Gasteiger partial charge is 0.497 e. The maximum Gasteiger partial charge on any atom is 0.224 e. The van der Waals surface area contributed by atoms with E-state index in [1.54, 1.807) is 11.8 Å². The molecule has 0 radical (unpaired) electrons. The third kappa shape index (κ3) is 5.07. The summed E-state index contributed by atoms with van der Waals surface area (Å²) >= 11 is 0. The number of benzene rings is 1. The fourth-order valence-corrected chi connectivity index (χ4v) is 4.18. The molecule has 3 heterocycles. The quantitative estimate of drug-likeness (QED) is 0.610. The number of aryl methyl sites for hydroxylation is 4. The Balaban J connectivity index is 1.38. The van der Waals surface area contributed by atoms with Crippen molar-refractivity contribution in [3.05, 3.63) is 59.4 Å². The van der Waals surface area contributed by atoms with Crippen molar-refractivity contribution in [2.45, 2.75) is 46.1 Å². The highest BCUT2D eigenvalue weighted by molar-refractivity contribution is 5.76. The van der Waals surface area contributed by atoms with Crippen molar-refractivity contribution in [1.29, 1.82) is 0 Å². The van der Waals surface area contributed by atoms with E-state index in [0.717, 1.165) is 53.1 Å². The monoisotopic (exact) mass is 434 g/mol. The molecule has 3 aromatic rings. The second kappa shape index (κ2) is 9.38. The lowest BCUT2D eigenvalue weighted by Gasteiger charge is -2.17. The van der Waals surface area contributed by atoms with E-state index < -0.39 is 0 Å². The number of likely N-dealkylation sites (tertiary alicyclic amines) is 1. The Morgan fingerprint density at radius 3 is 2.59 bits per heavy atom. The van der Waals surface area contributed by atoms with E-state index in [4.69, 9.17) is 9.72 Å². The Kier molecular flexibility index (Phi) is 6.39. The molecule has 1 atom stereocenters. The number of ether oxygens (including phenoxy) is 1. The number of rotatable bonds is 7. The SMILES string of the molecule is COc1ccc(Nc2cc(C)nc([C@H]3CCN(C(=O)CCn4nc(C)nc4C)C3)c2)cc1. The van der Waals surface area contributed by atoms with Gasteiger partial charge in [-0.25, -0.2) is 9.67 Å². The van der Waals surface area contributed by atoms with Gasteiger partial charge in [0.1, 0.15) is 17.4 Å². The van der Waals surface area contributed by atoms with E-state index >= 15 is 0 Å². The number of anilines is 2. The molecule has 168 valence electrons. The number of hydrogen-bond donors (Lipinski definition) is 1. The van der Waals surface area contributed by atoms with Crippen LogP contribution in [0.1, 0.15) is 41.8 Å². The standard InChI is InChI=1S/C24H30N6O2/c1-16-13-21(27-20-5-7-22(32-4)8-6-20)14-23(25-16)19-9-11-29(15-19)24(31)10-12-30-18(3)26-17(2)28-30/h5-8,13-14,19H,9-12,15H2,1-4H3,(H,25,27)/t19-/m0/s1. The molecule has 32 heavy (non-hydrogen) atoms. The smallest absolute Gasteiger partial charge is 0.224 e. The minimum absolute atomic E-state index is 0.157. The number of hydrogen-bond acceptors (Lipinski definition) is 6. The Morgan fingerprint density at radius 1 is 1.12 bits per heavy atom. The average Bonchev–Trinajstić information content (AvgIpc) is 3.38. The maximum atomic E-state index is 12.8. The molecule has 0 spiro atoms. The van der Waals surface area contributed by atoms with E-state index in [1.165, 1.54) is 0 Å². The van der Waals surface area contributed by atoms with Gasteiger partial charge in [-0.15, -0.1) is 0 Å². The number of nitrogens with zero attached hydrogens (tertiary/aromatic N) is 5. The van der Waals surface area contributed by atoms with Crippen molar-refractivity contribution in [2.75, 3.05) is 25.5 Å². The van der Waals surface area contributed by atoms with Crippen LogP contribution >= 0.6 is 0 Å². The zero-order valence-electron chi connectivity index (χ0n) is 19.1. The third-order valence-corrected chi connectivity index (χ3v) is 5.81. The highest BCUT2D eigenvalue weighted by Gasteiger charge is 2.28. The van der Waals surface area contributed by atoms with Gasteiger partial charge in [0, 0.05) is 48.2 Å². The molecule has 1 saturated heterocycles. The fraction of sp³-hybridized carbons (Fsp3) is 0.417. The molecule has 0 bridgehead atoms. The Morgan fingerprint density at radius 2 is 1.91 bits per heavy atom.